The topological polar surface area (TPSA) is 96.2 Å². The van der Waals surface area contributed by atoms with Gasteiger partial charge >= 0.3 is 0 Å². The summed E-state index contributed by atoms with van der Waals surface area (Å²) in [4.78, 5) is 25.5. The first-order valence-corrected chi connectivity index (χ1v) is 10.4. The summed E-state index contributed by atoms with van der Waals surface area (Å²) in [6.07, 6.45) is 1.93. The Morgan fingerprint density at radius 1 is 1.12 bits per heavy atom. The Balaban J connectivity index is 1.65. The third-order valence-electron chi connectivity index (χ3n) is 5.30. The SMILES string of the molecule is COc1ccc(-c2oc3ccccc3c(=O)c2OCC(=O)NC[C@H]2CCCO2)cc1OC. The van der Waals surface area contributed by atoms with E-state index in [1.807, 2.05) is 0 Å². The van der Waals surface area contributed by atoms with Crippen molar-refractivity contribution < 1.29 is 28.2 Å². The van der Waals surface area contributed by atoms with Crippen molar-refractivity contribution >= 4 is 16.9 Å². The van der Waals surface area contributed by atoms with Gasteiger partial charge in [0.05, 0.1) is 25.7 Å². The number of fused-ring (bicyclic) bond motifs is 1. The lowest BCUT2D eigenvalue weighted by molar-refractivity contribution is -0.123. The minimum absolute atomic E-state index is 0.0204. The molecule has 0 saturated carbocycles. The minimum atomic E-state index is -0.358. The Bertz CT molecular complexity index is 1160. The van der Waals surface area contributed by atoms with Gasteiger partial charge < -0.3 is 28.7 Å². The molecule has 1 aromatic heterocycles. The van der Waals surface area contributed by atoms with Crippen LogP contribution in [0.2, 0.25) is 0 Å². The highest BCUT2D eigenvalue weighted by atomic mass is 16.5. The summed E-state index contributed by atoms with van der Waals surface area (Å²) >= 11 is 0. The Morgan fingerprint density at radius 2 is 1.94 bits per heavy atom. The molecular formula is C24H25NO7. The maximum Gasteiger partial charge on any atom is 0.258 e. The lowest BCUT2D eigenvalue weighted by Crippen LogP contribution is -2.35. The Labute approximate surface area is 185 Å². The van der Waals surface area contributed by atoms with Gasteiger partial charge in [-0.05, 0) is 43.2 Å². The first-order chi connectivity index (χ1) is 15.6. The summed E-state index contributed by atoms with van der Waals surface area (Å²) in [6, 6.07) is 12.0. The third-order valence-corrected chi connectivity index (χ3v) is 5.30. The van der Waals surface area contributed by atoms with E-state index in [-0.39, 0.29) is 35.6 Å². The molecule has 1 amide bonds. The molecule has 0 bridgehead atoms. The number of benzene rings is 2. The second kappa shape index (κ2) is 9.74. The van der Waals surface area contributed by atoms with Gasteiger partial charge in [-0.2, -0.15) is 0 Å². The highest BCUT2D eigenvalue weighted by Crippen LogP contribution is 2.36. The van der Waals surface area contributed by atoms with E-state index in [1.165, 1.54) is 14.2 Å². The number of amides is 1. The Morgan fingerprint density at radius 3 is 2.69 bits per heavy atom. The number of hydrogen-bond acceptors (Lipinski definition) is 7. The summed E-state index contributed by atoms with van der Waals surface area (Å²) in [7, 11) is 3.06. The number of carbonyl (C=O) groups excluding carboxylic acids is 1. The number of para-hydroxylation sites is 1. The number of rotatable bonds is 8. The summed E-state index contributed by atoms with van der Waals surface area (Å²) in [5.41, 5.74) is 0.612. The van der Waals surface area contributed by atoms with E-state index in [0.717, 1.165) is 12.8 Å². The lowest BCUT2D eigenvalue weighted by atomic mass is 10.1. The van der Waals surface area contributed by atoms with Gasteiger partial charge in [-0.25, -0.2) is 0 Å². The van der Waals surface area contributed by atoms with Crippen LogP contribution in [-0.4, -0.2) is 46.0 Å². The lowest BCUT2D eigenvalue weighted by Gasteiger charge is -2.14. The number of hydrogen-bond donors (Lipinski definition) is 1. The van der Waals surface area contributed by atoms with Crippen LogP contribution in [0, 0.1) is 0 Å². The highest BCUT2D eigenvalue weighted by molar-refractivity contribution is 5.83. The molecule has 8 heteroatoms. The standard InChI is InChI=1S/C24H25NO7/c1-28-19-10-9-15(12-20(19)29-2)23-24(22(27)17-7-3-4-8-18(17)32-23)31-14-21(26)25-13-16-6-5-11-30-16/h3-4,7-10,12,16H,5-6,11,13-14H2,1-2H3,(H,25,26)/t16-/m1/s1. The van der Waals surface area contributed by atoms with E-state index in [1.54, 1.807) is 42.5 Å². The fourth-order valence-electron chi connectivity index (χ4n) is 3.65. The minimum Gasteiger partial charge on any atom is -0.493 e. The molecule has 1 atom stereocenters. The first kappa shape index (κ1) is 21.7. The van der Waals surface area contributed by atoms with Crippen LogP contribution >= 0.6 is 0 Å². The van der Waals surface area contributed by atoms with Crippen LogP contribution < -0.4 is 25.0 Å². The number of ether oxygens (including phenoxy) is 4. The molecule has 1 aliphatic heterocycles. The number of nitrogens with one attached hydrogen (secondary N) is 1. The Kier molecular flexibility index (Phi) is 6.61. The van der Waals surface area contributed by atoms with Crippen molar-refractivity contribution in [1.29, 1.82) is 0 Å². The molecule has 4 rings (SSSR count). The fourth-order valence-corrected chi connectivity index (χ4v) is 3.65. The van der Waals surface area contributed by atoms with Crippen LogP contribution in [0.1, 0.15) is 12.8 Å². The van der Waals surface area contributed by atoms with Crippen molar-refractivity contribution in [3.05, 3.63) is 52.7 Å². The van der Waals surface area contributed by atoms with E-state index < -0.39 is 0 Å². The molecule has 32 heavy (non-hydrogen) atoms. The van der Waals surface area contributed by atoms with Gasteiger partial charge in [-0.1, -0.05) is 12.1 Å². The van der Waals surface area contributed by atoms with Crippen LogP contribution in [0.5, 0.6) is 17.2 Å². The average molecular weight is 439 g/mol. The molecule has 0 aliphatic carbocycles. The monoisotopic (exact) mass is 439 g/mol. The van der Waals surface area contributed by atoms with Gasteiger partial charge in [0.2, 0.25) is 11.2 Å². The zero-order valence-corrected chi connectivity index (χ0v) is 18.0. The zero-order chi connectivity index (χ0) is 22.5. The normalized spacial score (nSPS) is 15.5. The second-order valence-electron chi connectivity index (χ2n) is 7.38. The highest BCUT2D eigenvalue weighted by Gasteiger charge is 2.21. The van der Waals surface area contributed by atoms with Crippen molar-refractivity contribution in [1.82, 2.24) is 5.32 Å². The molecule has 3 aromatic rings. The van der Waals surface area contributed by atoms with E-state index >= 15 is 0 Å². The summed E-state index contributed by atoms with van der Waals surface area (Å²) < 4.78 is 27.9. The maximum atomic E-state index is 13.2. The van der Waals surface area contributed by atoms with Gasteiger partial charge in [-0.15, -0.1) is 0 Å². The molecular weight excluding hydrogens is 414 g/mol. The zero-order valence-electron chi connectivity index (χ0n) is 18.0. The van der Waals surface area contributed by atoms with Crippen LogP contribution in [0.25, 0.3) is 22.3 Å². The van der Waals surface area contributed by atoms with Gasteiger partial charge in [0.25, 0.3) is 5.91 Å². The predicted octanol–water partition coefficient (Wildman–Crippen LogP) is 3.15. The third kappa shape index (κ3) is 4.55. The molecule has 1 N–H and O–H groups in total. The van der Waals surface area contributed by atoms with E-state index in [2.05, 4.69) is 5.32 Å². The van der Waals surface area contributed by atoms with Crippen molar-refractivity contribution in [2.75, 3.05) is 34.0 Å². The molecule has 0 spiro atoms. The predicted molar refractivity (Wildman–Crippen MR) is 119 cm³/mol. The van der Waals surface area contributed by atoms with Gasteiger partial charge in [0.1, 0.15) is 5.58 Å². The average Bonchev–Trinajstić information content (AvgIpc) is 3.35. The van der Waals surface area contributed by atoms with Gasteiger partial charge in [0, 0.05) is 18.7 Å². The van der Waals surface area contributed by atoms with Gasteiger partial charge in [-0.3, -0.25) is 9.59 Å². The molecule has 1 aliphatic rings. The van der Waals surface area contributed by atoms with Crippen LogP contribution in [-0.2, 0) is 9.53 Å². The smallest absolute Gasteiger partial charge is 0.258 e. The van der Waals surface area contributed by atoms with Crippen LogP contribution in [0.3, 0.4) is 0 Å². The van der Waals surface area contributed by atoms with Crippen molar-refractivity contribution in [2.24, 2.45) is 0 Å². The molecule has 1 fully saturated rings. The van der Waals surface area contributed by atoms with E-state index in [4.69, 9.17) is 23.4 Å². The first-order valence-electron chi connectivity index (χ1n) is 10.4. The van der Waals surface area contributed by atoms with Crippen molar-refractivity contribution in [3.8, 4) is 28.6 Å². The summed E-state index contributed by atoms with van der Waals surface area (Å²) in [6.45, 7) is 0.803. The number of carbonyl (C=O) groups is 1. The molecule has 0 radical (unpaired) electrons. The maximum absolute atomic E-state index is 13.2. The molecule has 1 saturated heterocycles. The molecule has 2 aromatic carbocycles. The fraction of sp³-hybridized carbons (Fsp3) is 0.333. The quantitative estimate of drug-likeness (QED) is 0.576. The van der Waals surface area contributed by atoms with Crippen LogP contribution in [0.4, 0.5) is 0 Å². The van der Waals surface area contributed by atoms with E-state index in [0.29, 0.717) is 41.2 Å². The largest absolute Gasteiger partial charge is 0.493 e. The van der Waals surface area contributed by atoms with Crippen LogP contribution in [0.15, 0.2) is 51.7 Å². The molecule has 168 valence electrons. The Hall–Kier alpha value is -3.52. The van der Waals surface area contributed by atoms with Crippen molar-refractivity contribution in [2.45, 2.75) is 18.9 Å². The molecule has 2 heterocycles. The summed E-state index contributed by atoms with van der Waals surface area (Å²) in [5, 5.41) is 3.15. The van der Waals surface area contributed by atoms with Gasteiger partial charge in [0.15, 0.2) is 23.9 Å². The summed E-state index contributed by atoms with van der Waals surface area (Å²) in [5.74, 6) is 0.840. The number of methoxy groups -OCH3 is 2. The van der Waals surface area contributed by atoms with E-state index in [9.17, 15) is 9.59 Å². The molecule has 8 nitrogen and oxygen atoms in total. The van der Waals surface area contributed by atoms with Crippen molar-refractivity contribution in [3.63, 3.8) is 0 Å². The molecule has 0 unspecified atom stereocenters. The second-order valence-corrected chi connectivity index (χ2v) is 7.38.